The topological polar surface area (TPSA) is 25.8 Å². The fourth-order valence-electron chi connectivity index (χ4n) is 3.45. The standard InChI is InChI=1S/C26H26N2/c1-17(2)19-9-13-21(14-10-19)25-26(22-15-11-20(12-16-22)18(3)4)28-24-8-6-5-7-23(24)27-25/h5-18H,1-4H3. The lowest BCUT2D eigenvalue weighted by Crippen LogP contribution is -1.96. The van der Waals surface area contributed by atoms with Gasteiger partial charge in [-0.3, -0.25) is 0 Å². The molecule has 1 heterocycles. The lowest BCUT2D eigenvalue weighted by Gasteiger charge is -2.13. The largest absolute Gasteiger partial charge is 0.244 e. The molecule has 0 aliphatic rings. The van der Waals surface area contributed by atoms with Crippen molar-refractivity contribution >= 4 is 11.0 Å². The van der Waals surface area contributed by atoms with Gasteiger partial charge in [-0.1, -0.05) is 88.4 Å². The van der Waals surface area contributed by atoms with Crippen molar-refractivity contribution in [2.45, 2.75) is 39.5 Å². The molecule has 4 aromatic rings. The molecule has 2 heteroatoms. The predicted octanol–water partition coefficient (Wildman–Crippen LogP) is 7.21. The minimum Gasteiger partial charge on any atom is -0.244 e. The molecule has 140 valence electrons. The monoisotopic (exact) mass is 366 g/mol. The van der Waals surface area contributed by atoms with Crippen molar-refractivity contribution in [1.29, 1.82) is 0 Å². The van der Waals surface area contributed by atoms with Gasteiger partial charge in [-0.25, -0.2) is 9.97 Å². The van der Waals surface area contributed by atoms with Crippen molar-refractivity contribution in [2.75, 3.05) is 0 Å². The molecule has 3 aromatic carbocycles. The minimum absolute atomic E-state index is 0.514. The molecule has 0 amide bonds. The molecule has 28 heavy (non-hydrogen) atoms. The Labute approximate surface area is 167 Å². The van der Waals surface area contributed by atoms with Gasteiger partial charge < -0.3 is 0 Å². The van der Waals surface area contributed by atoms with Crippen LogP contribution < -0.4 is 0 Å². The summed E-state index contributed by atoms with van der Waals surface area (Å²) in [7, 11) is 0. The van der Waals surface area contributed by atoms with E-state index in [1.165, 1.54) is 11.1 Å². The fourth-order valence-corrected chi connectivity index (χ4v) is 3.45. The molecule has 0 aliphatic heterocycles. The Morgan fingerprint density at radius 2 is 0.857 bits per heavy atom. The summed E-state index contributed by atoms with van der Waals surface area (Å²) in [4.78, 5) is 9.98. The Morgan fingerprint density at radius 1 is 0.500 bits per heavy atom. The average Bonchev–Trinajstić information content (AvgIpc) is 2.73. The first-order valence-corrected chi connectivity index (χ1v) is 10.0. The maximum absolute atomic E-state index is 4.99. The molecular formula is C26H26N2. The summed E-state index contributed by atoms with van der Waals surface area (Å²) in [5.41, 5.74) is 8.59. The zero-order valence-electron chi connectivity index (χ0n) is 17.0. The summed E-state index contributed by atoms with van der Waals surface area (Å²) in [6, 6.07) is 25.5. The minimum atomic E-state index is 0.514. The van der Waals surface area contributed by atoms with Crippen LogP contribution in [0.5, 0.6) is 0 Å². The lowest BCUT2D eigenvalue weighted by atomic mass is 9.97. The first kappa shape index (κ1) is 18.4. The van der Waals surface area contributed by atoms with Gasteiger partial charge in [0.1, 0.15) is 0 Å². The van der Waals surface area contributed by atoms with Gasteiger partial charge in [0.05, 0.1) is 22.4 Å². The highest BCUT2D eigenvalue weighted by Gasteiger charge is 2.14. The molecule has 0 unspecified atom stereocenters. The van der Waals surface area contributed by atoms with Crippen molar-refractivity contribution in [2.24, 2.45) is 0 Å². The second-order valence-electron chi connectivity index (χ2n) is 7.96. The van der Waals surface area contributed by atoms with Crippen LogP contribution >= 0.6 is 0 Å². The van der Waals surface area contributed by atoms with E-state index in [1.807, 2.05) is 24.3 Å². The Hall–Kier alpha value is -3.00. The van der Waals surface area contributed by atoms with Crippen molar-refractivity contribution in [3.63, 3.8) is 0 Å². The molecule has 0 radical (unpaired) electrons. The van der Waals surface area contributed by atoms with Crippen molar-refractivity contribution in [3.8, 4) is 22.5 Å². The third-order valence-electron chi connectivity index (χ3n) is 5.27. The van der Waals surface area contributed by atoms with Crippen LogP contribution in [-0.4, -0.2) is 9.97 Å². The number of aromatic nitrogens is 2. The molecule has 0 spiro atoms. The van der Waals surface area contributed by atoms with E-state index in [1.54, 1.807) is 0 Å². The van der Waals surface area contributed by atoms with Crippen LogP contribution in [0.4, 0.5) is 0 Å². The highest BCUT2D eigenvalue weighted by atomic mass is 14.8. The van der Waals surface area contributed by atoms with Crippen LogP contribution in [0, 0.1) is 0 Å². The summed E-state index contributed by atoms with van der Waals surface area (Å²) in [6.07, 6.45) is 0. The lowest BCUT2D eigenvalue weighted by molar-refractivity contribution is 0.866. The molecule has 0 N–H and O–H groups in total. The van der Waals surface area contributed by atoms with E-state index < -0.39 is 0 Å². The Kier molecular flexibility index (Phi) is 4.95. The molecule has 0 fully saturated rings. The van der Waals surface area contributed by atoms with Crippen molar-refractivity contribution in [3.05, 3.63) is 83.9 Å². The van der Waals surface area contributed by atoms with Crippen LogP contribution in [0.25, 0.3) is 33.5 Å². The van der Waals surface area contributed by atoms with Gasteiger partial charge in [0.2, 0.25) is 0 Å². The normalized spacial score (nSPS) is 11.5. The number of benzene rings is 3. The van der Waals surface area contributed by atoms with Crippen molar-refractivity contribution < 1.29 is 0 Å². The van der Waals surface area contributed by atoms with Gasteiger partial charge in [0.25, 0.3) is 0 Å². The van der Waals surface area contributed by atoms with Gasteiger partial charge in [0.15, 0.2) is 0 Å². The molecule has 0 bridgehead atoms. The van der Waals surface area contributed by atoms with Crippen LogP contribution in [-0.2, 0) is 0 Å². The quantitative estimate of drug-likeness (QED) is 0.381. The third kappa shape index (κ3) is 3.55. The van der Waals surface area contributed by atoms with Crippen LogP contribution in [0.15, 0.2) is 72.8 Å². The van der Waals surface area contributed by atoms with E-state index >= 15 is 0 Å². The SMILES string of the molecule is CC(C)c1ccc(-c2nc3ccccc3nc2-c2ccc(C(C)C)cc2)cc1. The van der Waals surface area contributed by atoms with Gasteiger partial charge in [-0.05, 0) is 35.1 Å². The van der Waals surface area contributed by atoms with E-state index in [0.29, 0.717) is 11.8 Å². The van der Waals surface area contributed by atoms with Crippen molar-refractivity contribution in [1.82, 2.24) is 9.97 Å². The number of para-hydroxylation sites is 2. The second kappa shape index (κ2) is 7.55. The van der Waals surface area contributed by atoms with Gasteiger partial charge in [-0.15, -0.1) is 0 Å². The zero-order valence-corrected chi connectivity index (χ0v) is 17.0. The van der Waals surface area contributed by atoms with Crippen LogP contribution in [0.3, 0.4) is 0 Å². The Bertz CT molecular complexity index is 1000. The third-order valence-corrected chi connectivity index (χ3v) is 5.27. The highest BCUT2D eigenvalue weighted by molar-refractivity contribution is 5.86. The smallest absolute Gasteiger partial charge is 0.0973 e. The number of fused-ring (bicyclic) bond motifs is 1. The van der Waals surface area contributed by atoms with E-state index in [0.717, 1.165) is 33.5 Å². The van der Waals surface area contributed by atoms with Crippen LogP contribution in [0.2, 0.25) is 0 Å². The van der Waals surface area contributed by atoms with E-state index in [-0.39, 0.29) is 0 Å². The number of rotatable bonds is 4. The van der Waals surface area contributed by atoms with E-state index in [9.17, 15) is 0 Å². The molecule has 0 saturated carbocycles. The summed E-state index contributed by atoms with van der Waals surface area (Å²) >= 11 is 0. The summed E-state index contributed by atoms with van der Waals surface area (Å²) < 4.78 is 0. The van der Waals surface area contributed by atoms with Gasteiger partial charge in [-0.2, -0.15) is 0 Å². The zero-order chi connectivity index (χ0) is 19.7. The summed E-state index contributed by atoms with van der Waals surface area (Å²) in [6.45, 7) is 8.86. The summed E-state index contributed by atoms with van der Waals surface area (Å²) in [5.74, 6) is 1.03. The highest BCUT2D eigenvalue weighted by Crippen LogP contribution is 2.32. The number of nitrogens with zero attached hydrogens (tertiary/aromatic N) is 2. The van der Waals surface area contributed by atoms with Gasteiger partial charge >= 0.3 is 0 Å². The summed E-state index contributed by atoms with van der Waals surface area (Å²) in [5, 5.41) is 0. The Balaban J connectivity index is 1.89. The van der Waals surface area contributed by atoms with Crippen LogP contribution in [0.1, 0.15) is 50.7 Å². The maximum Gasteiger partial charge on any atom is 0.0973 e. The predicted molar refractivity (Wildman–Crippen MR) is 119 cm³/mol. The first-order valence-electron chi connectivity index (χ1n) is 10.0. The Morgan fingerprint density at radius 3 is 1.18 bits per heavy atom. The number of hydrogen-bond donors (Lipinski definition) is 0. The number of hydrogen-bond acceptors (Lipinski definition) is 2. The first-order chi connectivity index (χ1) is 13.5. The molecule has 0 aliphatic carbocycles. The average molecular weight is 367 g/mol. The molecule has 2 nitrogen and oxygen atoms in total. The second-order valence-corrected chi connectivity index (χ2v) is 7.96. The maximum atomic E-state index is 4.99. The molecular weight excluding hydrogens is 340 g/mol. The van der Waals surface area contributed by atoms with E-state index in [2.05, 4.69) is 76.2 Å². The molecule has 4 rings (SSSR count). The van der Waals surface area contributed by atoms with Gasteiger partial charge in [0, 0.05) is 11.1 Å². The molecule has 0 saturated heterocycles. The fraction of sp³-hybridized carbons (Fsp3) is 0.231. The molecule has 0 atom stereocenters. The molecule has 1 aromatic heterocycles. The van der Waals surface area contributed by atoms with E-state index in [4.69, 9.17) is 9.97 Å².